The minimum absolute atomic E-state index is 0.0409. The van der Waals surface area contributed by atoms with Gasteiger partial charge in [0.15, 0.2) is 0 Å². The summed E-state index contributed by atoms with van der Waals surface area (Å²) in [6.07, 6.45) is 3.09. The molecule has 0 bridgehead atoms. The number of ether oxygens (including phenoxy) is 2. The van der Waals surface area contributed by atoms with Gasteiger partial charge in [-0.15, -0.1) is 0 Å². The fourth-order valence-electron chi connectivity index (χ4n) is 1.07. The Morgan fingerprint density at radius 2 is 2.18 bits per heavy atom. The number of esters is 1. The van der Waals surface area contributed by atoms with Crippen molar-refractivity contribution in [3.8, 4) is 0 Å². The highest BCUT2D eigenvalue weighted by molar-refractivity contribution is 5.70. The third-order valence-electron chi connectivity index (χ3n) is 2.06. The van der Waals surface area contributed by atoms with Crippen LogP contribution in [0.5, 0.6) is 0 Å². The summed E-state index contributed by atoms with van der Waals surface area (Å²) < 4.78 is 9.95. The Hall–Kier alpha value is -0.570. The van der Waals surface area contributed by atoms with Gasteiger partial charge in [-0.3, -0.25) is 4.79 Å². The van der Waals surface area contributed by atoms with Gasteiger partial charge in [0.05, 0.1) is 13.2 Å². The molecule has 0 aromatic carbocycles. The molecule has 1 aliphatic carbocycles. The van der Waals surface area contributed by atoms with Crippen LogP contribution in [0.1, 0.15) is 19.3 Å². The third kappa shape index (κ3) is 1.93. The van der Waals surface area contributed by atoms with Crippen LogP contribution in [0.3, 0.4) is 0 Å². The summed E-state index contributed by atoms with van der Waals surface area (Å²) in [7, 11) is 0. The second-order valence-corrected chi connectivity index (χ2v) is 3.30. The smallest absolute Gasteiger partial charge is 0.306 e. The summed E-state index contributed by atoms with van der Waals surface area (Å²) in [4.78, 5) is 11.0. The molecular weight excluding hydrogens is 144 g/mol. The number of carbonyl (C=O) groups is 1. The molecule has 2 fully saturated rings. The Balaban J connectivity index is 1.63. The van der Waals surface area contributed by atoms with Crippen LogP contribution < -0.4 is 0 Å². The fraction of sp³-hybridized carbons (Fsp3) is 0.875. The Morgan fingerprint density at radius 3 is 2.64 bits per heavy atom. The SMILES string of the molecule is O=C(CC1CC1)OC1COC1. The van der Waals surface area contributed by atoms with Crippen molar-refractivity contribution in [2.75, 3.05) is 13.2 Å². The highest BCUT2D eigenvalue weighted by Gasteiger charge is 2.28. The average Bonchev–Trinajstić information content (AvgIpc) is 2.62. The first-order chi connectivity index (χ1) is 5.34. The number of carbonyl (C=O) groups excluding carboxylic acids is 1. The van der Waals surface area contributed by atoms with Crippen molar-refractivity contribution in [1.29, 1.82) is 0 Å². The lowest BCUT2D eigenvalue weighted by molar-refractivity contribution is -0.172. The van der Waals surface area contributed by atoms with E-state index in [1.165, 1.54) is 12.8 Å². The van der Waals surface area contributed by atoms with E-state index in [-0.39, 0.29) is 12.1 Å². The topological polar surface area (TPSA) is 35.5 Å². The molecule has 3 nitrogen and oxygen atoms in total. The quantitative estimate of drug-likeness (QED) is 0.565. The third-order valence-corrected chi connectivity index (χ3v) is 2.06. The van der Waals surface area contributed by atoms with Gasteiger partial charge in [0.2, 0.25) is 0 Å². The maximum atomic E-state index is 11.0. The fourth-order valence-corrected chi connectivity index (χ4v) is 1.07. The van der Waals surface area contributed by atoms with E-state index in [0.717, 1.165) is 0 Å². The molecule has 0 aromatic rings. The van der Waals surface area contributed by atoms with Crippen LogP contribution in [0.2, 0.25) is 0 Å². The van der Waals surface area contributed by atoms with Crippen LogP contribution in [0, 0.1) is 5.92 Å². The van der Waals surface area contributed by atoms with E-state index < -0.39 is 0 Å². The van der Waals surface area contributed by atoms with E-state index >= 15 is 0 Å². The Labute approximate surface area is 65.7 Å². The van der Waals surface area contributed by atoms with Gasteiger partial charge in [-0.2, -0.15) is 0 Å². The minimum atomic E-state index is -0.0409. The van der Waals surface area contributed by atoms with Crippen LogP contribution in [0.4, 0.5) is 0 Å². The molecule has 0 unspecified atom stereocenters. The predicted octanol–water partition coefficient (Wildman–Crippen LogP) is 0.728. The van der Waals surface area contributed by atoms with Crippen LogP contribution in [-0.4, -0.2) is 25.3 Å². The molecule has 0 N–H and O–H groups in total. The summed E-state index contributed by atoms with van der Waals surface area (Å²) in [5, 5.41) is 0. The molecule has 0 spiro atoms. The van der Waals surface area contributed by atoms with Crippen molar-refractivity contribution in [3.63, 3.8) is 0 Å². The van der Waals surface area contributed by atoms with Crippen LogP contribution in [0.25, 0.3) is 0 Å². The van der Waals surface area contributed by atoms with Crippen molar-refractivity contribution < 1.29 is 14.3 Å². The summed E-state index contributed by atoms with van der Waals surface area (Å²) in [6.45, 7) is 1.19. The summed E-state index contributed by atoms with van der Waals surface area (Å²) in [5.74, 6) is 0.587. The van der Waals surface area contributed by atoms with Gasteiger partial charge >= 0.3 is 5.97 Å². The molecule has 1 heterocycles. The zero-order chi connectivity index (χ0) is 7.68. The summed E-state index contributed by atoms with van der Waals surface area (Å²) in [6, 6.07) is 0. The lowest BCUT2D eigenvalue weighted by Gasteiger charge is -2.25. The highest BCUT2D eigenvalue weighted by atomic mass is 16.6. The molecule has 1 saturated carbocycles. The van der Waals surface area contributed by atoms with Crippen molar-refractivity contribution in [2.45, 2.75) is 25.4 Å². The molecule has 0 aromatic heterocycles. The molecule has 1 aliphatic heterocycles. The predicted molar refractivity (Wildman–Crippen MR) is 38.0 cm³/mol. The van der Waals surface area contributed by atoms with E-state index in [9.17, 15) is 4.79 Å². The number of hydrogen-bond acceptors (Lipinski definition) is 3. The highest BCUT2D eigenvalue weighted by Crippen LogP contribution is 2.32. The molecule has 11 heavy (non-hydrogen) atoms. The molecule has 1 saturated heterocycles. The Morgan fingerprint density at radius 1 is 1.45 bits per heavy atom. The maximum Gasteiger partial charge on any atom is 0.306 e. The monoisotopic (exact) mass is 156 g/mol. The van der Waals surface area contributed by atoms with E-state index in [1.54, 1.807) is 0 Å². The normalized spacial score (nSPS) is 24.4. The van der Waals surface area contributed by atoms with Gasteiger partial charge < -0.3 is 9.47 Å². The van der Waals surface area contributed by atoms with E-state index in [0.29, 0.717) is 25.6 Å². The van der Waals surface area contributed by atoms with Gasteiger partial charge in [-0.05, 0) is 18.8 Å². The molecule has 3 heteroatoms. The minimum Gasteiger partial charge on any atom is -0.457 e. The van der Waals surface area contributed by atoms with Crippen molar-refractivity contribution in [3.05, 3.63) is 0 Å². The van der Waals surface area contributed by atoms with Crippen molar-refractivity contribution in [2.24, 2.45) is 5.92 Å². The molecule has 0 atom stereocenters. The first-order valence-corrected chi connectivity index (χ1v) is 4.12. The molecular formula is C8H12O3. The largest absolute Gasteiger partial charge is 0.457 e. The Kier molecular flexibility index (Phi) is 1.82. The molecule has 2 rings (SSSR count). The standard InChI is InChI=1S/C8H12O3/c9-8(3-6-1-2-6)11-7-4-10-5-7/h6-7H,1-5H2. The molecule has 0 radical (unpaired) electrons. The first kappa shape index (κ1) is 7.10. The van der Waals surface area contributed by atoms with Crippen LogP contribution >= 0.6 is 0 Å². The summed E-state index contributed by atoms with van der Waals surface area (Å²) in [5.41, 5.74) is 0. The van der Waals surface area contributed by atoms with E-state index in [4.69, 9.17) is 9.47 Å². The van der Waals surface area contributed by atoms with Gasteiger partial charge in [-0.1, -0.05) is 0 Å². The van der Waals surface area contributed by atoms with Gasteiger partial charge in [0, 0.05) is 6.42 Å². The Bertz CT molecular complexity index is 159. The zero-order valence-corrected chi connectivity index (χ0v) is 6.41. The first-order valence-electron chi connectivity index (χ1n) is 4.12. The summed E-state index contributed by atoms with van der Waals surface area (Å²) >= 11 is 0. The van der Waals surface area contributed by atoms with Crippen molar-refractivity contribution >= 4 is 5.97 Å². The van der Waals surface area contributed by atoms with E-state index in [1.807, 2.05) is 0 Å². The lowest BCUT2D eigenvalue weighted by Crippen LogP contribution is -2.37. The second kappa shape index (κ2) is 2.81. The van der Waals surface area contributed by atoms with Gasteiger partial charge in [0.1, 0.15) is 6.10 Å². The van der Waals surface area contributed by atoms with Crippen LogP contribution in [0.15, 0.2) is 0 Å². The molecule has 62 valence electrons. The molecule has 0 amide bonds. The lowest BCUT2D eigenvalue weighted by atomic mass is 10.3. The van der Waals surface area contributed by atoms with Gasteiger partial charge in [-0.25, -0.2) is 0 Å². The number of hydrogen-bond donors (Lipinski definition) is 0. The maximum absolute atomic E-state index is 11.0. The van der Waals surface area contributed by atoms with Crippen molar-refractivity contribution in [1.82, 2.24) is 0 Å². The number of rotatable bonds is 3. The van der Waals surface area contributed by atoms with Crippen LogP contribution in [-0.2, 0) is 14.3 Å². The average molecular weight is 156 g/mol. The second-order valence-electron chi connectivity index (χ2n) is 3.30. The molecule has 2 aliphatic rings. The van der Waals surface area contributed by atoms with E-state index in [2.05, 4.69) is 0 Å². The van der Waals surface area contributed by atoms with Gasteiger partial charge in [0.25, 0.3) is 0 Å². The zero-order valence-electron chi connectivity index (χ0n) is 6.41.